The zero-order valence-electron chi connectivity index (χ0n) is 11.4. The predicted octanol–water partition coefficient (Wildman–Crippen LogP) is 1.53. The van der Waals surface area contributed by atoms with Gasteiger partial charge in [-0.3, -0.25) is 4.79 Å². The lowest BCUT2D eigenvalue weighted by molar-refractivity contribution is 0.0935. The van der Waals surface area contributed by atoms with Gasteiger partial charge >= 0.3 is 0 Å². The first-order valence-corrected chi connectivity index (χ1v) is 6.89. The van der Waals surface area contributed by atoms with Crippen LogP contribution in [0.1, 0.15) is 34.7 Å². The largest absolute Gasteiger partial charge is 0.383 e. The number of ether oxygens (including phenoxy) is 1. The van der Waals surface area contributed by atoms with E-state index in [-0.39, 0.29) is 5.91 Å². The second-order valence-corrected chi connectivity index (χ2v) is 4.86. The van der Waals surface area contributed by atoms with Crippen LogP contribution < -0.4 is 10.6 Å². The number of benzene rings is 1. The monoisotopic (exact) mass is 262 g/mol. The quantitative estimate of drug-likeness (QED) is 0.791. The summed E-state index contributed by atoms with van der Waals surface area (Å²) >= 11 is 0. The lowest BCUT2D eigenvalue weighted by atomic mass is 9.87. The fourth-order valence-corrected chi connectivity index (χ4v) is 2.55. The molecule has 1 saturated heterocycles. The molecule has 0 bridgehead atoms. The van der Waals surface area contributed by atoms with E-state index in [1.165, 1.54) is 5.56 Å². The Bertz CT molecular complexity index is 414. The Morgan fingerprint density at radius 3 is 2.84 bits per heavy atom. The minimum absolute atomic E-state index is 0.00572. The van der Waals surface area contributed by atoms with Crippen molar-refractivity contribution in [2.24, 2.45) is 0 Å². The Kier molecular flexibility index (Phi) is 5.36. The molecule has 19 heavy (non-hydrogen) atoms. The summed E-state index contributed by atoms with van der Waals surface area (Å²) in [5.41, 5.74) is 1.99. The van der Waals surface area contributed by atoms with E-state index in [9.17, 15) is 4.79 Å². The van der Waals surface area contributed by atoms with Crippen LogP contribution in [-0.4, -0.2) is 39.3 Å². The number of nitrogens with one attached hydrogen (secondary N) is 2. The van der Waals surface area contributed by atoms with Crippen molar-refractivity contribution in [3.05, 3.63) is 35.4 Å². The first-order chi connectivity index (χ1) is 9.33. The van der Waals surface area contributed by atoms with E-state index in [2.05, 4.69) is 16.7 Å². The van der Waals surface area contributed by atoms with Crippen LogP contribution in [0.5, 0.6) is 0 Å². The maximum Gasteiger partial charge on any atom is 0.251 e. The molecule has 0 aromatic heterocycles. The molecule has 1 aliphatic rings. The highest BCUT2D eigenvalue weighted by Gasteiger charge is 2.20. The predicted molar refractivity (Wildman–Crippen MR) is 75.5 cm³/mol. The van der Waals surface area contributed by atoms with Crippen LogP contribution in [0.15, 0.2) is 24.3 Å². The highest BCUT2D eigenvalue weighted by molar-refractivity contribution is 5.95. The summed E-state index contributed by atoms with van der Waals surface area (Å²) in [5.74, 6) is 0.497. The maximum absolute atomic E-state index is 12.2. The molecule has 4 heteroatoms. The molecule has 104 valence electrons. The fourth-order valence-electron chi connectivity index (χ4n) is 2.55. The van der Waals surface area contributed by atoms with Crippen molar-refractivity contribution >= 4 is 5.91 Å². The molecule has 1 aliphatic heterocycles. The zero-order chi connectivity index (χ0) is 13.5. The lowest BCUT2D eigenvalue weighted by Crippen LogP contribution is -2.30. The molecule has 0 unspecified atom stereocenters. The number of hydrogen-bond acceptors (Lipinski definition) is 3. The summed E-state index contributed by atoms with van der Waals surface area (Å²) in [6, 6.07) is 7.94. The van der Waals surface area contributed by atoms with Crippen LogP contribution in [0, 0.1) is 0 Å². The van der Waals surface area contributed by atoms with Gasteiger partial charge in [0.2, 0.25) is 0 Å². The van der Waals surface area contributed by atoms with Gasteiger partial charge in [0.1, 0.15) is 0 Å². The van der Waals surface area contributed by atoms with Crippen molar-refractivity contribution in [2.75, 3.05) is 33.4 Å². The Balaban J connectivity index is 2.08. The van der Waals surface area contributed by atoms with Crippen molar-refractivity contribution in [3.63, 3.8) is 0 Å². The molecular weight excluding hydrogens is 240 g/mol. The molecule has 1 heterocycles. The van der Waals surface area contributed by atoms with Crippen LogP contribution in [0.3, 0.4) is 0 Å². The maximum atomic E-state index is 12.2. The highest BCUT2D eigenvalue weighted by Crippen LogP contribution is 2.27. The van der Waals surface area contributed by atoms with Gasteiger partial charge in [-0.05, 0) is 43.5 Å². The summed E-state index contributed by atoms with van der Waals surface area (Å²) in [6.07, 6.45) is 2.20. The van der Waals surface area contributed by atoms with Crippen LogP contribution in [0.4, 0.5) is 0 Å². The Labute approximate surface area is 114 Å². The van der Waals surface area contributed by atoms with Crippen molar-refractivity contribution < 1.29 is 9.53 Å². The van der Waals surface area contributed by atoms with Gasteiger partial charge in [-0.2, -0.15) is 0 Å². The van der Waals surface area contributed by atoms with Crippen LogP contribution in [0.2, 0.25) is 0 Å². The molecule has 1 aromatic carbocycles. The Hall–Kier alpha value is -1.39. The number of amides is 1. The number of carbonyl (C=O) groups excluding carboxylic acids is 1. The number of piperidine rings is 1. The topological polar surface area (TPSA) is 50.4 Å². The highest BCUT2D eigenvalue weighted by atomic mass is 16.5. The second kappa shape index (κ2) is 7.26. The van der Waals surface area contributed by atoms with Gasteiger partial charge in [0.05, 0.1) is 6.61 Å². The lowest BCUT2D eigenvalue weighted by Gasteiger charge is -2.24. The van der Waals surface area contributed by atoms with Crippen molar-refractivity contribution in [3.8, 4) is 0 Å². The number of rotatable bonds is 5. The minimum Gasteiger partial charge on any atom is -0.383 e. The van der Waals surface area contributed by atoms with E-state index in [0.29, 0.717) is 19.1 Å². The molecule has 4 nitrogen and oxygen atoms in total. The number of methoxy groups -OCH3 is 1. The third-order valence-electron chi connectivity index (χ3n) is 3.58. The van der Waals surface area contributed by atoms with Gasteiger partial charge in [0, 0.05) is 19.2 Å². The third kappa shape index (κ3) is 3.78. The Morgan fingerprint density at radius 2 is 2.11 bits per heavy atom. The summed E-state index contributed by atoms with van der Waals surface area (Å²) < 4.78 is 4.95. The molecule has 0 saturated carbocycles. The molecule has 0 radical (unpaired) electrons. The van der Waals surface area contributed by atoms with Crippen molar-refractivity contribution in [1.29, 1.82) is 0 Å². The molecule has 0 atom stereocenters. The fraction of sp³-hybridized carbons (Fsp3) is 0.533. The van der Waals surface area contributed by atoms with Crippen LogP contribution in [0.25, 0.3) is 0 Å². The summed E-state index contributed by atoms with van der Waals surface area (Å²) in [7, 11) is 1.63. The van der Waals surface area contributed by atoms with E-state index in [0.717, 1.165) is 31.5 Å². The van der Waals surface area contributed by atoms with Crippen molar-refractivity contribution in [2.45, 2.75) is 18.8 Å². The van der Waals surface area contributed by atoms with E-state index in [1.54, 1.807) is 7.11 Å². The standard InChI is InChI=1S/C15H22N2O2/c1-19-11-10-17-15(18)14-5-3-2-4-13(14)12-6-8-16-9-7-12/h2-5,12,16H,6-11H2,1H3,(H,17,18). The number of hydrogen-bond donors (Lipinski definition) is 2. The van der Waals surface area contributed by atoms with E-state index < -0.39 is 0 Å². The van der Waals surface area contributed by atoms with Crippen LogP contribution >= 0.6 is 0 Å². The minimum atomic E-state index is 0.00572. The summed E-state index contributed by atoms with van der Waals surface area (Å²) in [6.45, 7) is 3.16. The van der Waals surface area contributed by atoms with Gasteiger partial charge in [-0.1, -0.05) is 18.2 Å². The van der Waals surface area contributed by atoms with E-state index in [4.69, 9.17) is 4.74 Å². The van der Waals surface area contributed by atoms with Gasteiger partial charge in [0.15, 0.2) is 0 Å². The summed E-state index contributed by atoms with van der Waals surface area (Å²) in [5, 5.41) is 6.26. The van der Waals surface area contributed by atoms with Gasteiger partial charge < -0.3 is 15.4 Å². The Morgan fingerprint density at radius 1 is 1.37 bits per heavy atom. The van der Waals surface area contributed by atoms with Gasteiger partial charge in [-0.15, -0.1) is 0 Å². The molecule has 1 amide bonds. The zero-order valence-corrected chi connectivity index (χ0v) is 11.4. The third-order valence-corrected chi connectivity index (χ3v) is 3.58. The molecule has 2 rings (SSSR count). The molecule has 0 spiro atoms. The SMILES string of the molecule is COCCNC(=O)c1ccccc1C1CCNCC1. The molecular formula is C15H22N2O2. The number of carbonyl (C=O) groups is 1. The van der Waals surface area contributed by atoms with E-state index >= 15 is 0 Å². The molecule has 1 aromatic rings. The second-order valence-electron chi connectivity index (χ2n) is 4.86. The summed E-state index contributed by atoms with van der Waals surface area (Å²) in [4.78, 5) is 12.2. The molecule has 0 aliphatic carbocycles. The molecule has 1 fully saturated rings. The first-order valence-electron chi connectivity index (χ1n) is 6.89. The van der Waals surface area contributed by atoms with Gasteiger partial charge in [-0.25, -0.2) is 0 Å². The molecule has 2 N–H and O–H groups in total. The smallest absolute Gasteiger partial charge is 0.251 e. The average molecular weight is 262 g/mol. The first kappa shape index (κ1) is 14.0. The average Bonchev–Trinajstić information content (AvgIpc) is 2.48. The van der Waals surface area contributed by atoms with Crippen LogP contribution in [-0.2, 0) is 4.74 Å². The van der Waals surface area contributed by atoms with Gasteiger partial charge in [0.25, 0.3) is 5.91 Å². The van der Waals surface area contributed by atoms with Crippen molar-refractivity contribution in [1.82, 2.24) is 10.6 Å². The normalized spacial score (nSPS) is 16.3. The van der Waals surface area contributed by atoms with E-state index in [1.807, 2.05) is 18.2 Å².